The van der Waals surface area contributed by atoms with E-state index in [0.29, 0.717) is 121 Å². The first-order chi connectivity index (χ1) is 56.3. The van der Waals surface area contributed by atoms with Crippen LogP contribution in [0.4, 0.5) is 90.4 Å². The molecule has 8 N–H and O–H groups in total. The van der Waals surface area contributed by atoms with E-state index in [1.807, 2.05) is 119 Å². The van der Waals surface area contributed by atoms with Crippen LogP contribution in [0.1, 0.15) is 52.7 Å². The second kappa shape index (κ2) is 33.0. The van der Waals surface area contributed by atoms with Crippen molar-refractivity contribution in [3.8, 4) is 68.5 Å². The molecule has 0 unspecified atom stereocenters. The molecule has 590 valence electrons. The normalized spacial score (nSPS) is 12.0. The molecule has 9 aromatic heterocycles. The van der Waals surface area contributed by atoms with Crippen LogP contribution in [0.15, 0.2) is 217 Å². The number of nitrogens with one attached hydrogen (secondary N) is 8. The highest BCUT2D eigenvalue weighted by Crippen LogP contribution is 2.42. The first-order valence-electron chi connectivity index (χ1n) is 36.0. The Labute approximate surface area is 661 Å². The monoisotopic (exact) mass is 1610 g/mol. The van der Waals surface area contributed by atoms with Crippen molar-refractivity contribution >= 4 is 102 Å². The molecule has 0 aliphatic heterocycles. The molecular weight excluding hydrogens is 1550 g/mol. The van der Waals surface area contributed by atoms with Gasteiger partial charge in [0.05, 0.1) is 50.0 Å². The van der Waals surface area contributed by atoms with Gasteiger partial charge in [0, 0.05) is 73.5 Å². The highest BCUT2D eigenvalue weighted by Gasteiger charge is 2.36. The molecule has 0 saturated carbocycles. The molecule has 0 amide bonds. The number of halogens is 11. The fourth-order valence-electron chi connectivity index (χ4n) is 12.9. The molecule has 117 heavy (non-hydrogen) atoms. The van der Waals surface area contributed by atoms with E-state index in [-0.39, 0.29) is 45.7 Å². The van der Waals surface area contributed by atoms with Crippen molar-refractivity contribution in [2.75, 3.05) is 21.3 Å². The fraction of sp³-hybridized carbons (Fsp3) is 0.133. The van der Waals surface area contributed by atoms with E-state index in [1.165, 1.54) is 66.7 Å². The summed E-state index contributed by atoms with van der Waals surface area (Å²) >= 11 is 6.31. The van der Waals surface area contributed by atoms with Gasteiger partial charge in [-0.3, -0.25) is 20.4 Å². The number of hydrogen-bond acceptors (Lipinski definition) is 19. The number of benzene rings is 8. The van der Waals surface area contributed by atoms with Gasteiger partial charge in [-0.05, 0) is 155 Å². The molecule has 9 heterocycles. The standard InChI is InChI=1S/C23H16F3N5O2.C21H15F4N5.C21H18F3N5O.C18H14ClN5/c1-13-6-4-8-15-20(13)28-21(14-7-2-3-9-17(14)33-23(24,25)26)29-22(15)27-19-12-16(30-31-19)18-10-5-11-32-18;22-11-8-9-17-14(10-11)20(30-29-17)28-19-13-5-3-7-16(13)26-18(27-19)12-4-1-2-6-15(12)21(23,24)25;1-3-13-7-6-9-15-18(13)26-19(27-20(15)25-17-11-12(2)28-29-17)14-8-4-5-10-16(14)30-21(22,23)24;1-11-10-16(24-23-11)21-18-13-7-3-5-9-15(13)20-17(22-18)12-6-2-4-8-14(12)19/h2-12H,1H3,(H2,27,28,29,30,31);1-2,4,6,8-10H,3,5,7H2,(H2,26,27,28,29,30);4-11H,3H2,1-2H3,(H2,25,26,27,28,29);2-10H,1H3,(H2,20,21,22,23,24). The van der Waals surface area contributed by atoms with E-state index >= 15 is 0 Å². The summed E-state index contributed by atoms with van der Waals surface area (Å²) in [4.78, 5) is 36.3. The van der Waals surface area contributed by atoms with Crippen molar-refractivity contribution in [1.82, 2.24) is 80.7 Å². The van der Waals surface area contributed by atoms with E-state index in [1.54, 1.807) is 48.7 Å². The molecule has 8 aromatic carbocycles. The highest BCUT2D eigenvalue weighted by molar-refractivity contribution is 6.33. The highest BCUT2D eigenvalue weighted by atomic mass is 35.5. The number of ether oxygens (including phenoxy) is 2. The smallest absolute Gasteiger partial charge is 0.463 e. The predicted molar refractivity (Wildman–Crippen MR) is 424 cm³/mol. The number of H-pyrrole nitrogens is 4. The minimum absolute atomic E-state index is 0.00269. The number of aromatic nitrogens is 16. The molecule has 17 aromatic rings. The fourth-order valence-corrected chi connectivity index (χ4v) is 13.2. The third-order valence-electron chi connectivity index (χ3n) is 18.2. The van der Waals surface area contributed by atoms with Crippen LogP contribution in [-0.2, 0) is 25.4 Å². The number of alkyl halides is 9. The Morgan fingerprint density at radius 2 is 0.983 bits per heavy atom. The topological polar surface area (TPSA) is 298 Å². The third-order valence-corrected chi connectivity index (χ3v) is 18.6. The van der Waals surface area contributed by atoms with Gasteiger partial charge in [0.2, 0.25) is 0 Å². The number of fused-ring (bicyclic) bond motifs is 5. The molecule has 23 nitrogen and oxygen atoms in total. The van der Waals surface area contributed by atoms with Gasteiger partial charge in [-0.1, -0.05) is 110 Å². The number of anilines is 8. The molecule has 0 saturated heterocycles. The predicted octanol–water partition coefficient (Wildman–Crippen LogP) is 21.9. The molecule has 0 atom stereocenters. The molecule has 0 fully saturated rings. The Kier molecular flexibility index (Phi) is 22.0. The zero-order chi connectivity index (χ0) is 81.7. The van der Waals surface area contributed by atoms with E-state index in [2.05, 4.69) is 111 Å². The van der Waals surface area contributed by atoms with Crippen molar-refractivity contribution in [3.63, 3.8) is 0 Å². The average molecular weight is 1610 g/mol. The SMILES string of the molecule is CCc1cccc2c(Nc3cc(C)[nH]n3)nc(-c3ccccc3OC(F)(F)F)nc12.Cc1cc(Nc2nc(-c3ccccc3Cl)nc3ccccc23)n[nH]1.Cc1cccc2c(Nc3cc(-c4ccco4)[nH]n3)nc(-c3ccccc3OC(F)(F)F)nc12.Fc1ccc2[nH]nc(Nc3nc(-c4ccccc4C(F)(F)F)nc4c3CCC4)c2c1. The number of rotatable bonds is 16. The second-order valence-corrected chi connectivity index (χ2v) is 26.8. The van der Waals surface area contributed by atoms with Gasteiger partial charge in [0.15, 0.2) is 52.3 Å². The number of aryl methyl sites for hydroxylation is 5. The van der Waals surface area contributed by atoms with Gasteiger partial charge in [0.1, 0.15) is 46.3 Å². The van der Waals surface area contributed by atoms with E-state index in [0.717, 1.165) is 62.4 Å². The van der Waals surface area contributed by atoms with Crippen molar-refractivity contribution < 1.29 is 57.8 Å². The first-order valence-corrected chi connectivity index (χ1v) is 36.4. The minimum Gasteiger partial charge on any atom is -0.463 e. The summed E-state index contributed by atoms with van der Waals surface area (Å²) in [5.74, 6) is 4.20. The van der Waals surface area contributed by atoms with Crippen molar-refractivity contribution in [2.24, 2.45) is 0 Å². The minimum atomic E-state index is -4.85. The van der Waals surface area contributed by atoms with Crippen LogP contribution in [0.5, 0.6) is 11.5 Å². The number of aromatic amines is 4. The van der Waals surface area contributed by atoms with Crippen molar-refractivity contribution in [2.45, 2.75) is 72.3 Å². The Morgan fingerprint density at radius 3 is 1.60 bits per heavy atom. The van der Waals surface area contributed by atoms with Crippen LogP contribution >= 0.6 is 11.6 Å². The Morgan fingerprint density at radius 1 is 0.444 bits per heavy atom. The van der Waals surface area contributed by atoms with Crippen LogP contribution in [-0.4, -0.2) is 93.4 Å². The van der Waals surface area contributed by atoms with Crippen LogP contribution in [0.3, 0.4) is 0 Å². The maximum Gasteiger partial charge on any atom is 0.573 e. The summed E-state index contributed by atoms with van der Waals surface area (Å²) in [5.41, 5.74) is 8.73. The van der Waals surface area contributed by atoms with Gasteiger partial charge >= 0.3 is 18.9 Å². The second-order valence-electron chi connectivity index (χ2n) is 26.4. The lowest BCUT2D eigenvalue weighted by Crippen LogP contribution is -2.17. The first kappa shape index (κ1) is 77.9. The summed E-state index contributed by atoms with van der Waals surface area (Å²) < 4.78 is 145. The quantitative estimate of drug-likeness (QED) is 0.0417. The molecular formula is C83H63ClF10N20O3. The average Bonchev–Trinajstić information content (AvgIpc) is 1.30. The molecule has 0 spiro atoms. The van der Waals surface area contributed by atoms with Crippen LogP contribution < -0.4 is 30.7 Å². The van der Waals surface area contributed by atoms with Crippen molar-refractivity contribution in [1.29, 1.82) is 0 Å². The van der Waals surface area contributed by atoms with E-state index in [4.69, 9.17) is 16.0 Å². The molecule has 18 rings (SSSR count). The van der Waals surface area contributed by atoms with Gasteiger partial charge in [-0.15, -0.1) is 26.3 Å². The summed E-state index contributed by atoms with van der Waals surface area (Å²) in [6.07, 6.45) is -9.75. The van der Waals surface area contributed by atoms with Gasteiger partial charge in [-0.25, -0.2) is 44.3 Å². The number of hydrogen-bond donors (Lipinski definition) is 8. The van der Waals surface area contributed by atoms with Gasteiger partial charge in [0.25, 0.3) is 0 Å². The number of nitrogens with zero attached hydrogens (tertiary/aromatic N) is 12. The van der Waals surface area contributed by atoms with Crippen LogP contribution in [0.2, 0.25) is 5.02 Å². The molecule has 34 heteroatoms. The zero-order valence-corrected chi connectivity index (χ0v) is 62.5. The van der Waals surface area contributed by atoms with Crippen LogP contribution in [0.25, 0.3) is 101 Å². The summed E-state index contributed by atoms with van der Waals surface area (Å²) in [6, 6.07) is 56.7. The number of furan rings is 1. The summed E-state index contributed by atoms with van der Waals surface area (Å²) in [7, 11) is 0. The van der Waals surface area contributed by atoms with Gasteiger partial charge < -0.3 is 35.2 Å². The Hall–Kier alpha value is -14.4. The maximum absolute atomic E-state index is 13.7. The van der Waals surface area contributed by atoms with Crippen LogP contribution in [0, 0.1) is 26.6 Å². The van der Waals surface area contributed by atoms with E-state index < -0.39 is 30.3 Å². The van der Waals surface area contributed by atoms with E-state index in [9.17, 15) is 43.9 Å². The Bertz CT molecular complexity index is 6470. The maximum atomic E-state index is 13.7. The van der Waals surface area contributed by atoms with Gasteiger partial charge in [-0.2, -0.15) is 33.6 Å². The lowest BCUT2D eigenvalue weighted by atomic mass is 10.1. The molecule has 0 bridgehead atoms. The summed E-state index contributed by atoms with van der Waals surface area (Å²) in [6.45, 7) is 7.67. The Balaban J connectivity index is 0.000000123. The van der Waals surface area contributed by atoms with Crippen molar-refractivity contribution in [3.05, 3.63) is 263 Å². The molecule has 1 aliphatic carbocycles. The third kappa shape index (κ3) is 18.0. The summed E-state index contributed by atoms with van der Waals surface area (Å²) in [5, 5.41) is 44.3. The molecule has 0 radical (unpaired) electrons. The zero-order valence-electron chi connectivity index (χ0n) is 61.8. The number of para-hydroxylation sites is 5. The lowest BCUT2D eigenvalue weighted by molar-refractivity contribution is -0.275. The molecule has 1 aliphatic rings. The lowest BCUT2D eigenvalue weighted by Gasteiger charge is -2.15. The largest absolute Gasteiger partial charge is 0.573 e.